The summed E-state index contributed by atoms with van der Waals surface area (Å²) in [5.41, 5.74) is 0.599. The van der Waals surface area contributed by atoms with Crippen molar-refractivity contribution in [3.8, 4) is 5.75 Å². The van der Waals surface area contributed by atoms with Gasteiger partial charge in [-0.05, 0) is 24.3 Å². The zero-order chi connectivity index (χ0) is 13.0. The average molecular weight is 276 g/mol. The SMILES string of the molecule is FC(F)Oc1ccc(Nc2nnc(CCl)o2)cc1. The Bertz CT molecular complexity index is 504. The summed E-state index contributed by atoms with van der Waals surface area (Å²) in [6.45, 7) is -2.84. The molecular weight excluding hydrogens is 268 g/mol. The summed E-state index contributed by atoms with van der Waals surface area (Å²) >= 11 is 5.50. The van der Waals surface area contributed by atoms with Crippen LogP contribution in [0.1, 0.15) is 5.89 Å². The highest BCUT2D eigenvalue weighted by molar-refractivity contribution is 6.16. The average Bonchev–Trinajstić information content (AvgIpc) is 2.79. The van der Waals surface area contributed by atoms with E-state index in [-0.39, 0.29) is 23.5 Å². The first kappa shape index (κ1) is 12.6. The van der Waals surface area contributed by atoms with Crippen molar-refractivity contribution in [2.24, 2.45) is 0 Å². The molecule has 1 N–H and O–H groups in total. The summed E-state index contributed by atoms with van der Waals surface area (Å²) in [7, 11) is 0. The van der Waals surface area contributed by atoms with Crippen LogP contribution in [0.3, 0.4) is 0 Å². The van der Waals surface area contributed by atoms with E-state index in [0.29, 0.717) is 5.69 Å². The van der Waals surface area contributed by atoms with Crippen molar-refractivity contribution < 1.29 is 17.9 Å². The van der Waals surface area contributed by atoms with Gasteiger partial charge in [-0.1, -0.05) is 5.10 Å². The van der Waals surface area contributed by atoms with Crippen molar-refractivity contribution in [3.63, 3.8) is 0 Å². The highest BCUT2D eigenvalue weighted by atomic mass is 35.5. The molecule has 5 nitrogen and oxygen atoms in total. The smallest absolute Gasteiger partial charge is 0.387 e. The lowest BCUT2D eigenvalue weighted by Gasteiger charge is -2.05. The minimum Gasteiger partial charge on any atom is -0.435 e. The van der Waals surface area contributed by atoms with E-state index in [4.69, 9.17) is 16.0 Å². The Hall–Kier alpha value is -1.89. The van der Waals surface area contributed by atoms with Gasteiger partial charge in [-0.3, -0.25) is 0 Å². The molecule has 0 aliphatic carbocycles. The molecule has 18 heavy (non-hydrogen) atoms. The molecule has 96 valence electrons. The third kappa shape index (κ3) is 3.30. The first-order valence-electron chi connectivity index (χ1n) is 4.87. The minimum absolute atomic E-state index is 0.0718. The second-order valence-corrected chi connectivity index (χ2v) is 3.43. The van der Waals surface area contributed by atoms with Gasteiger partial charge in [0.25, 0.3) is 0 Å². The Balaban J connectivity index is 2.01. The molecule has 1 aromatic carbocycles. The number of halogens is 3. The van der Waals surface area contributed by atoms with E-state index in [2.05, 4.69) is 20.3 Å². The Morgan fingerprint density at radius 2 is 2.00 bits per heavy atom. The number of nitrogens with zero attached hydrogens (tertiary/aromatic N) is 2. The number of nitrogens with one attached hydrogen (secondary N) is 1. The molecule has 0 saturated heterocycles. The van der Waals surface area contributed by atoms with Crippen LogP contribution in [-0.2, 0) is 5.88 Å². The predicted octanol–water partition coefficient (Wildman–Crippen LogP) is 3.15. The van der Waals surface area contributed by atoms with Crippen LogP contribution in [0.25, 0.3) is 0 Å². The van der Waals surface area contributed by atoms with Crippen molar-refractivity contribution in [3.05, 3.63) is 30.2 Å². The van der Waals surface area contributed by atoms with E-state index in [9.17, 15) is 8.78 Å². The fourth-order valence-electron chi connectivity index (χ4n) is 1.20. The number of alkyl halides is 3. The molecule has 2 aromatic rings. The molecule has 0 atom stereocenters. The summed E-state index contributed by atoms with van der Waals surface area (Å²) < 4.78 is 33.2. The van der Waals surface area contributed by atoms with E-state index in [1.54, 1.807) is 12.1 Å². The molecule has 0 spiro atoms. The second kappa shape index (κ2) is 5.63. The molecule has 0 aliphatic rings. The van der Waals surface area contributed by atoms with Crippen LogP contribution >= 0.6 is 11.6 Å². The molecule has 0 aliphatic heterocycles. The van der Waals surface area contributed by atoms with Crippen molar-refractivity contribution in [2.75, 3.05) is 5.32 Å². The van der Waals surface area contributed by atoms with Crippen LogP contribution in [0.2, 0.25) is 0 Å². The quantitative estimate of drug-likeness (QED) is 0.850. The zero-order valence-corrected chi connectivity index (χ0v) is 9.69. The largest absolute Gasteiger partial charge is 0.435 e. The molecule has 0 bridgehead atoms. The molecule has 8 heteroatoms. The Morgan fingerprint density at radius 3 is 2.56 bits per heavy atom. The van der Waals surface area contributed by atoms with Crippen molar-refractivity contribution in [2.45, 2.75) is 12.5 Å². The van der Waals surface area contributed by atoms with Crippen LogP contribution in [0, 0.1) is 0 Å². The Morgan fingerprint density at radius 1 is 1.28 bits per heavy atom. The van der Waals surface area contributed by atoms with Gasteiger partial charge >= 0.3 is 12.6 Å². The molecule has 0 amide bonds. The standard InChI is InChI=1S/C10H8ClF2N3O2/c11-5-8-15-16-10(18-8)14-6-1-3-7(4-2-6)17-9(12)13/h1-4,9H,5H2,(H,14,16). The molecular formula is C10H8ClF2N3O2. The lowest BCUT2D eigenvalue weighted by atomic mass is 10.3. The highest BCUT2D eigenvalue weighted by Gasteiger charge is 2.06. The van der Waals surface area contributed by atoms with Crippen molar-refractivity contribution in [1.82, 2.24) is 10.2 Å². The number of aromatic nitrogens is 2. The lowest BCUT2D eigenvalue weighted by molar-refractivity contribution is -0.0498. The van der Waals surface area contributed by atoms with Gasteiger partial charge in [0.05, 0.1) is 0 Å². The predicted molar refractivity (Wildman–Crippen MR) is 60.2 cm³/mol. The lowest BCUT2D eigenvalue weighted by Crippen LogP contribution is -2.01. The number of anilines is 2. The number of benzene rings is 1. The van der Waals surface area contributed by atoms with Crippen molar-refractivity contribution >= 4 is 23.3 Å². The van der Waals surface area contributed by atoms with Gasteiger partial charge in [0.15, 0.2) is 0 Å². The van der Waals surface area contributed by atoms with Gasteiger partial charge in [0.1, 0.15) is 11.6 Å². The molecule has 0 saturated carbocycles. The normalized spacial score (nSPS) is 10.7. The van der Waals surface area contributed by atoms with E-state index >= 15 is 0 Å². The van der Waals surface area contributed by atoms with E-state index < -0.39 is 6.61 Å². The topological polar surface area (TPSA) is 60.2 Å². The third-order valence-corrected chi connectivity index (χ3v) is 2.14. The second-order valence-electron chi connectivity index (χ2n) is 3.16. The maximum atomic E-state index is 11.9. The summed E-state index contributed by atoms with van der Waals surface area (Å²) in [4.78, 5) is 0. The van der Waals surface area contributed by atoms with Gasteiger partial charge in [0.2, 0.25) is 5.89 Å². The fourth-order valence-corrected chi connectivity index (χ4v) is 1.31. The maximum absolute atomic E-state index is 11.9. The highest BCUT2D eigenvalue weighted by Crippen LogP contribution is 2.20. The van der Waals surface area contributed by atoms with E-state index in [0.717, 1.165) is 0 Å². The first-order chi connectivity index (χ1) is 8.67. The van der Waals surface area contributed by atoms with Crippen molar-refractivity contribution in [1.29, 1.82) is 0 Å². The number of hydrogen-bond donors (Lipinski definition) is 1. The van der Waals surface area contributed by atoms with Crippen LogP contribution in [0.4, 0.5) is 20.5 Å². The minimum atomic E-state index is -2.84. The van der Waals surface area contributed by atoms with Gasteiger partial charge in [-0.25, -0.2) is 0 Å². The van der Waals surface area contributed by atoms with Crippen LogP contribution in [-0.4, -0.2) is 16.8 Å². The monoisotopic (exact) mass is 275 g/mol. The first-order valence-corrected chi connectivity index (χ1v) is 5.41. The third-order valence-electron chi connectivity index (χ3n) is 1.91. The number of hydrogen-bond acceptors (Lipinski definition) is 5. The molecule has 1 heterocycles. The zero-order valence-electron chi connectivity index (χ0n) is 8.94. The fraction of sp³-hybridized carbons (Fsp3) is 0.200. The molecule has 0 fully saturated rings. The summed E-state index contributed by atoms with van der Waals surface area (Å²) in [5, 5.41) is 10.1. The van der Waals surface area contributed by atoms with E-state index in [1.165, 1.54) is 12.1 Å². The Labute approximate surface area is 106 Å². The van der Waals surface area contributed by atoms with Gasteiger partial charge in [-0.2, -0.15) is 8.78 Å². The molecule has 0 radical (unpaired) electrons. The van der Waals surface area contributed by atoms with Gasteiger partial charge in [0, 0.05) is 5.69 Å². The van der Waals surface area contributed by atoms with Crippen LogP contribution in [0.5, 0.6) is 5.75 Å². The van der Waals surface area contributed by atoms with Crippen LogP contribution in [0.15, 0.2) is 28.7 Å². The maximum Gasteiger partial charge on any atom is 0.387 e. The van der Waals surface area contributed by atoms with Gasteiger partial charge in [-0.15, -0.1) is 16.7 Å². The summed E-state index contributed by atoms with van der Waals surface area (Å²) in [5.74, 6) is 0.481. The molecule has 0 unspecified atom stereocenters. The van der Waals surface area contributed by atoms with Crippen LogP contribution < -0.4 is 10.1 Å². The summed E-state index contributed by atoms with van der Waals surface area (Å²) in [6.07, 6.45) is 0. The summed E-state index contributed by atoms with van der Waals surface area (Å²) in [6, 6.07) is 6.05. The molecule has 2 rings (SSSR count). The Kier molecular flexibility index (Phi) is 3.93. The number of ether oxygens (including phenoxy) is 1. The number of rotatable bonds is 5. The molecule has 1 aromatic heterocycles. The van der Waals surface area contributed by atoms with E-state index in [1.807, 2.05) is 0 Å². The van der Waals surface area contributed by atoms with Gasteiger partial charge < -0.3 is 14.5 Å².